The number of fused-ring (bicyclic) bond motifs is 1. The Labute approximate surface area is 149 Å². The van der Waals surface area contributed by atoms with Gasteiger partial charge in [-0.05, 0) is 36.1 Å². The van der Waals surface area contributed by atoms with Crippen LogP contribution >= 0.6 is 0 Å². The van der Waals surface area contributed by atoms with E-state index in [0.29, 0.717) is 6.42 Å². The Balaban J connectivity index is 1.57. The standard InChI is InChI=1S/C22H24N2O/c1-2-3-4-7-17-10-12-18(13-11-17)14-22(25)24-20-15-19-8-5-6-9-21(19)23-16-20/h5-6,8-13,15-16H,2-4,7,14H2,1H3,(H,24,25). The number of amides is 1. The van der Waals surface area contributed by atoms with Crippen LogP contribution in [0, 0.1) is 0 Å². The number of aryl methyl sites for hydroxylation is 1. The van der Waals surface area contributed by atoms with Crippen LogP contribution in [0.5, 0.6) is 0 Å². The fourth-order valence-electron chi connectivity index (χ4n) is 2.93. The van der Waals surface area contributed by atoms with Gasteiger partial charge in [-0.1, -0.05) is 62.2 Å². The molecule has 3 rings (SSSR count). The van der Waals surface area contributed by atoms with Crippen LogP contribution in [0.2, 0.25) is 0 Å². The average molecular weight is 332 g/mol. The summed E-state index contributed by atoms with van der Waals surface area (Å²) in [6.45, 7) is 2.22. The van der Waals surface area contributed by atoms with E-state index in [1.54, 1.807) is 6.20 Å². The molecule has 3 heteroatoms. The maximum atomic E-state index is 12.3. The number of para-hydroxylation sites is 1. The summed E-state index contributed by atoms with van der Waals surface area (Å²) in [6.07, 6.45) is 6.93. The molecular formula is C22H24N2O. The molecule has 0 aliphatic carbocycles. The van der Waals surface area contributed by atoms with Gasteiger partial charge in [0.25, 0.3) is 0 Å². The third kappa shape index (κ3) is 4.90. The van der Waals surface area contributed by atoms with Gasteiger partial charge >= 0.3 is 0 Å². The van der Waals surface area contributed by atoms with Crippen molar-refractivity contribution in [3.63, 3.8) is 0 Å². The molecule has 0 saturated carbocycles. The minimum atomic E-state index is -0.0178. The predicted octanol–water partition coefficient (Wildman–Crippen LogP) is 5.15. The largest absolute Gasteiger partial charge is 0.324 e. The average Bonchev–Trinajstić information content (AvgIpc) is 2.63. The van der Waals surface area contributed by atoms with Crippen LogP contribution in [0.4, 0.5) is 5.69 Å². The molecule has 1 amide bonds. The Morgan fingerprint density at radius 2 is 1.76 bits per heavy atom. The van der Waals surface area contributed by atoms with Gasteiger partial charge < -0.3 is 5.32 Å². The molecule has 3 nitrogen and oxygen atoms in total. The van der Waals surface area contributed by atoms with Crippen LogP contribution < -0.4 is 5.32 Å². The maximum absolute atomic E-state index is 12.3. The van der Waals surface area contributed by atoms with E-state index < -0.39 is 0 Å². The lowest BCUT2D eigenvalue weighted by Crippen LogP contribution is -2.14. The molecule has 2 aromatic carbocycles. The summed E-state index contributed by atoms with van der Waals surface area (Å²) in [5.41, 5.74) is 4.04. The highest BCUT2D eigenvalue weighted by Gasteiger charge is 2.05. The Morgan fingerprint density at radius 3 is 2.56 bits per heavy atom. The number of nitrogens with zero attached hydrogens (tertiary/aromatic N) is 1. The second-order valence-electron chi connectivity index (χ2n) is 6.42. The van der Waals surface area contributed by atoms with Crippen LogP contribution in [-0.2, 0) is 17.6 Å². The SMILES string of the molecule is CCCCCc1ccc(CC(=O)Nc2cnc3ccccc3c2)cc1. The molecule has 0 fully saturated rings. The first-order chi connectivity index (χ1) is 12.2. The summed E-state index contributed by atoms with van der Waals surface area (Å²) < 4.78 is 0. The van der Waals surface area contributed by atoms with Crippen LogP contribution in [0.3, 0.4) is 0 Å². The van der Waals surface area contributed by atoms with Crippen LogP contribution in [0.15, 0.2) is 60.8 Å². The van der Waals surface area contributed by atoms with Gasteiger partial charge in [-0.3, -0.25) is 9.78 Å². The molecule has 0 aliphatic rings. The quantitative estimate of drug-likeness (QED) is 0.608. The number of anilines is 1. The van der Waals surface area contributed by atoms with E-state index in [4.69, 9.17) is 0 Å². The Morgan fingerprint density at radius 1 is 1.00 bits per heavy atom. The number of benzene rings is 2. The van der Waals surface area contributed by atoms with E-state index >= 15 is 0 Å². The van der Waals surface area contributed by atoms with Crippen LogP contribution in [0.1, 0.15) is 37.3 Å². The topological polar surface area (TPSA) is 42.0 Å². The smallest absolute Gasteiger partial charge is 0.228 e. The van der Waals surface area contributed by atoms with E-state index in [-0.39, 0.29) is 5.91 Å². The third-order valence-corrected chi connectivity index (χ3v) is 4.33. The Hall–Kier alpha value is -2.68. The summed E-state index contributed by atoms with van der Waals surface area (Å²) in [6, 6.07) is 18.2. The Bertz CT molecular complexity index is 840. The number of rotatable bonds is 7. The number of carbonyl (C=O) groups is 1. The van der Waals surface area contributed by atoms with E-state index in [2.05, 4.69) is 41.5 Å². The highest BCUT2D eigenvalue weighted by atomic mass is 16.1. The molecule has 0 saturated heterocycles. The summed E-state index contributed by atoms with van der Waals surface area (Å²) in [7, 11) is 0. The summed E-state index contributed by atoms with van der Waals surface area (Å²) in [5, 5.41) is 3.96. The van der Waals surface area contributed by atoms with Crippen molar-refractivity contribution in [2.24, 2.45) is 0 Å². The molecule has 25 heavy (non-hydrogen) atoms. The van der Waals surface area contributed by atoms with Crippen molar-refractivity contribution >= 4 is 22.5 Å². The minimum absolute atomic E-state index is 0.0178. The van der Waals surface area contributed by atoms with Crippen molar-refractivity contribution in [2.75, 3.05) is 5.32 Å². The van der Waals surface area contributed by atoms with Gasteiger partial charge in [-0.2, -0.15) is 0 Å². The molecule has 0 bridgehead atoms. The second-order valence-corrected chi connectivity index (χ2v) is 6.42. The lowest BCUT2D eigenvalue weighted by atomic mass is 10.0. The molecule has 3 aromatic rings. The number of nitrogens with one attached hydrogen (secondary N) is 1. The van der Waals surface area contributed by atoms with Crippen molar-refractivity contribution in [2.45, 2.75) is 39.0 Å². The minimum Gasteiger partial charge on any atom is -0.324 e. The summed E-state index contributed by atoms with van der Waals surface area (Å²) in [4.78, 5) is 16.6. The van der Waals surface area contributed by atoms with E-state index in [9.17, 15) is 4.79 Å². The van der Waals surface area contributed by atoms with Crippen LogP contribution in [0.25, 0.3) is 10.9 Å². The number of carbonyl (C=O) groups excluding carboxylic acids is 1. The third-order valence-electron chi connectivity index (χ3n) is 4.33. The molecule has 0 radical (unpaired) electrons. The van der Waals surface area contributed by atoms with Crippen LogP contribution in [-0.4, -0.2) is 10.9 Å². The number of unbranched alkanes of at least 4 members (excludes halogenated alkanes) is 2. The monoisotopic (exact) mass is 332 g/mol. The van der Waals surface area contributed by atoms with Gasteiger partial charge in [0.05, 0.1) is 23.8 Å². The zero-order valence-corrected chi connectivity index (χ0v) is 14.7. The molecule has 0 aliphatic heterocycles. The van der Waals surface area contributed by atoms with Crippen molar-refractivity contribution in [3.8, 4) is 0 Å². The van der Waals surface area contributed by atoms with Crippen molar-refractivity contribution in [1.29, 1.82) is 0 Å². The lowest BCUT2D eigenvalue weighted by Gasteiger charge is -2.07. The highest BCUT2D eigenvalue weighted by Crippen LogP contribution is 2.16. The fourth-order valence-corrected chi connectivity index (χ4v) is 2.93. The number of pyridine rings is 1. The normalized spacial score (nSPS) is 10.8. The van der Waals surface area contributed by atoms with E-state index in [1.807, 2.05) is 30.3 Å². The van der Waals surface area contributed by atoms with Gasteiger partial charge in [0.15, 0.2) is 0 Å². The van der Waals surface area contributed by atoms with E-state index in [1.165, 1.54) is 24.8 Å². The predicted molar refractivity (Wildman–Crippen MR) is 104 cm³/mol. The Kier molecular flexibility index (Phi) is 5.78. The van der Waals surface area contributed by atoms with Gasteiger partial charge in [0, 0.05) is 5.39 Å². The zero-order chi connectivity index (χ0) is 17.5. The first kappa shape index (κ1) is 17.2. The van der Waals surface area contributed by atoms with E-state index in [0.717, 1.165) is 28.6 Å². The molecule has 0 unspecified atom stereocenters. The number of hydrogen-bond acceptors (Lipinski definition) is 2. The first-order valence-corrected chi connectivity index (χ1v) is 8.97. The van der Waals surface area contributed by atoms with Gasteiger partial charge in [0.2, 0.25) is 5.91 Å². The molecule has 1 aromatic heterocycles. The molecule has 1 N–H and O–H groups in total. The molecule has 0 atom stereocenters. The molecule has 1 heterocycles. The lowest BCUT2D eigenvalue weighted by molar-refractivity contribution is -0.115. The zero-order valence-electron chi connectivity index (χ0n) is 14.7. The molecular weight excluding hydrogens is 308 g/mol. The van der Waals surface area contributed by atoms with Gasteiger partial charge in [-0.15, -0.1) is 0 Å². The maximum Gasteiger partial charge on any atom is 0.228 e. The number of aromatic nitrogens is 1. The van der Waals surface area contributed by atoms with Crippen molar-refractivity contribution < 1.29 is 4.79 Å². The molecule has 128 valence electrons. The summed E-state index contributed by atoms with van der Waals surface area (Å²) >= 11 is 0. The molecule has 0 spiro atoms. The second kappa shape index (κ2) is 8.43. The van der Waals surface area contributed by atoms with Gasteiger partial charge in [0.1, 0.15) is 0 Å². The highest BCUT2D eigenvalue weighted by molar-refractivity contribution is 5.94. The first-order valence-electron chi connectivity index (χ1n) is 8.97. The van der Waals surface area contributed by atoms with Crippen molar-refractivity contribution in [3.05, 3.63) is 71.9 Å². The van der Waals surface area contributed by atoms with Gasteiger partial charge in [-0.25, -0.2) is 0 Å². The van der Waals surface area contributed by atoms with Crippen molar-refractivity contribution in [1.82, 2.24) is 4.98 Å². The fraction of sp³-hybridized carbons (Fsp3) is 0.273. The number of hydrogen-bond donors (Lipinski definition) is 1. The summed E-state index contributed by atoms with van der Waals surface area (Å²) in [5.74, 6) is -0.0178.